The van der Waals surface area contributed by atoms with E-state index >= 15 is 0 Å². The zero-order valence-electron chi connectivity index (χ0n) is 37.9. The van der Waals surface area contributed by atoms with E-state index in [9.17, 15) is 9.59 Å². The maximum atomic E-state index is 13.6. The molecule has 0 radical (unpaired) electrons. The van der Waals surface area contributed by atoms with Crippen LogP contribution in [-0.4, -0.2) is 11.6 Å². The summed E-state index contributed by atoms with van der Waals surface area (Å²) in [6.07, 6.45) is 8.01. The van der Waals surface area contributed by atoms with Gasteiger partial charge in [0, 0.05) is 33.1 Å². The molecule has 0 bridgehead atoms. The number of benzene rings is 2. The highest BCUT2D eigenvalue weighted by Gasteiger charge is 2.37. The zero-order chi connectivity index (χ0) is 43.1. The lowest BCUT2D eigenvalue weighted by atomic mass is 9.71. The number of carbonyl (C=O) groups is 2. The predicted octanol–water partition coefficient (Wildman–Crippen LogP) is 15.3. The molecule has 0 aliphatic heterocycles. The Hall–Kier alpha value is -4.78. The van der Waals surface area contributed by atoms with Crippen LogP contribution in [0.4, 0.5) is 11.4 Å². The molecule has 0 atom stereocenters. The van der Waals surface area contributed by atoms with E-state index in [1.807, 2.05) is 72.8 Å². The first-order valence-electron chi connectivity index (χ1n) is 20.1. The van der Waals surface area contributed by atoms with Crippen LogP contribution in [0.2, 0.25) is 0 Å². The van der Waals surface area contributed by atoms with Crippen molar-refractivity contribution in [3.63, 3.8) is 0 Å². The SMILES string of the molecule is CC(C)(C)C1=CC(=C(N=Nc2ccc(Oc3ccc(N=NC(=C4C=C(C(C)(C)C)C(=O)C(C(C)(C)C)=C4)C(C)(C)C)cc3)cc2)C(C)(C)C)C=C(C(C)(C)C)C1=O. The number of allylic oxidation sites excluding steroid dienone is 12. The van der Waals surface area contributed by atoms with Gasteiger partial charge in [-0.05, 0) is 106 Å². The fourth-order valence-corrected chi connectivity index (χ4v) is 6.55. The van der Waals surface area contributed by atoms with Gasteiger partial charge in [-0.25, -0.2) is 0 Å². The molecule has 2 aliphatic rings. The van der Waals surface area contributed by atoms with Crippen LogP contribution in [0.1, 0.15) is 125 Å². The average molecular weight is 771 g/mol. The Morgan fingerprint density at radius 1 is 0.404 bits per heavy atom. The molecular weight excluding hydrogens is 705 g/mol. The maximum Gasteiger partial charge on any atom is 0.186 e. The van der Waals surface area contributed by atoms with Gasteiger partial charge < -0.3 is 4.74 Å². The average Bonchev–Trinajstić information content (AvgIpc) is 3.04. The minimum Gasteiger partial charge on any atom is -0.457 e. The van der Waals surface area contributed by atoms with Crippen molar-refractivity contribution >= 4 is 22.9 Å². The fraction of sp³-hybridized carbons (Fsp3) is 0.480. The van der Waals surface area contributed by atoms with Gasteiger partial charge in [0.15, 0.2) is 11.6 Å². The standard InChI is InChI=1S/C50H66N4O3/c1-45(2,3)37-27-31(28-38(41(37)55)46(4,5)6)43(49(13,14)15)53-51-33-19-23-35(24-20-33)57-36-25-21-34(22-26-36)52-54-44(50(16,17)18)32-29-39(47(7,8)9)42(56)40(30-32)48(10,11)12/h19-30H,1-18H3. The van der Waals surface area contributed by atoms with E-state index in [-0.39, 0.29) is 44.1 Å². The van der Waals surface area contributed by atoms with E-state index in [0.717, 1.165) is 44.8 Å². The summed E-state index contributed by atoms with van der Waals surface area (Å²) >= 11 is 0. The molecule has 0 fully saturated rings. The summed E-state index contributed by atoms with van der Waals surface area (Å²) in [7, 11) is 0. The van der Waals surface area contributed by atoms with E-state index in [2.05, 4.69) is 135 Å². The van der Waals surface area contributed by atoms with Crippen LogP contribution in [-0.2, 0) is 9.59 Å². The molecule has 0 unspecified atom stereocenters. The second kappa shape index (κ2) is 15.9. The second-order valence-electron chi connectivity index (χ2n) is 21.5. The van der Waals surface area contributed by atoms with Gasteiger partial charge in [0.2, 0.25) is 0 Å². The zero-order valence-corrected chi connectivity index (χ0v) is 37.9. The highest BCUT2D eigenvalue weighted by Crippen LogP contribution is 2.44. The molecule has 0 spiro atoms. The van der Waals surface area contributed by atoms with Crippen molar-refractivity contribution in [3.05, 3.63) is 118 Å². The summed E-state index contributed by atoms with van der Waals surface area (Å²) in [5.41, 5.74) is 6.04. The number of nitrogens with zero attached hydrogens (tertiary/aromatic N) is 4. The van der Waals surface area contributed by atoms with Gasteiger partial charge in [-0.1, -0.05) is 125 Å². The summed E-state index contributed by atoms with van der Waals surface area (Å²) in [5.74, 6) is 1.52. The minimum absolute atomic E-state index is 0.0972. The van der Waals surface area contributed by atoms with E-state index in [1.165, 1.54) is 0 Å². The van der Waals surface area contributed by atoms with Crippen molar-refractivity contribution in [2.45, 2.75) is 125 Å². The highest BCUT2D eigenvalue weighted by molar-refractivity contribution is 6.12. The van der Waals surface area contributed by atoms with E-state index < -0.39 is 0 Å². The van der Waals surface area contributed by atoms with Crippen molar-refractivity contribution in [1.29, 1.82) is 0 Å². The quantitative estimate of drug-likeness (QED) is 0.274. The third-order valence-corrected chi connectivity index (χ3v) is 9.82. The van der Waals surface area contributed by atoms with E-state index in [4.69, 9.17) is 15.0 Å². The van der Waals surface area contributed by atoms with Gasteiger partial charge in [0.25, 0.3) is 0 Å². The molecule has 0 saturated heterocycles. The van der Waals surface area contributed by atoms with Gasteiger partial charge in [0.05, 0.1) is 22.8 Å². The lowest BCUT2D eigenvalue weighted by Crippen LogP contribution is -2.28. The molecule has 2 aliphatic carbocycles. The summed E-state index contributed by atoms with van der Waals surface area (Å²) in [4.78, 5) is 27.1. The smallest absolute Gasteiger partial charge is 0.186 e. The number of azo groups is 2. The Kier molecular flexibility index (Phi) is 12.5. The number of ketones is 2. The molecule has 7 heteroatoms. The van der Waals surface area contributed by atoms with Crippen LogP contribution in [0.15, 0.2) is 138 Å². The lowest BCUT2D eigenvalue weighted by molar-refractivity contribution is -0.114. The monoisotopic (exact) mass is 771 g/mol. The Morgan fingerprint density at radius 2 is 0.649 bits per heavy atom. The molecule has 0 N–H and O–H groups in total. The molecular formula is C50H66N4O3. The number of ether oxygens (including phenoxy) is 1. The summed E-state index contributed by atoms with van der Waals surface area (Å²) in [5, 5.41) is 18.9. The summed E-state index contributed by atoms with van der Waals surface area (Å²) in [6, 6.07) is 15.0. The highest BCUT2D eigenvalue weighted by atomic mass is 16.5. The van der Waals surface area contributed by atoms with Gasteiger partial charge in [-0.3, -0.25) is 9.59 Å². The van der Waals surface area contributed by atoms with Crippen molar-refractivity contribution in [2.24, 2.45) is 52.9 Å². The number of hydrogen-bond acceptors (Lipinski definition) is 7. The Bertz CT molecular complexity index is 1910. The molecule has 7 nitrogen and oxygen atoms in total. The normalized spacial score (nSPS) is 16.5. The number of hydrogen-bond donors (Lipinski definition) is 0. The van der Waals surface area contributed by atoms with Gasteiger partial charge in [-0.2, -0.15) is 20.5 Å². The largest absolute Gasteiger partial charge is 0.457 e. The molecule has 4 rings (SSSR count). The van der Waals surface area contributed by atoms with Crippen LogP contribution in [0.25, 0.3) is 0 Å². The molecule has 0 amide bonds. The first kappa shape index (κ1) is 44.9. The number of rotatable bonds is 6. The Labute approximate surface area is 343 Å². The first-order chi connectivity index (χ1) is 25.9. The maximum absolute atomic E-state index is 13.6. The number of carbonyl (C=O) groups excluding carboxylic acids is 2. The third kappa shape index (κ3) is 11.2. The summed E-state index contributed by atoms with van der Waals surface area (Å²) < 4.78 is 6.17. The topological polar surface area (TPSA) is 92.8 Å². The molecule has 2 aromatic rings. The first-order valence-corrected chi connectivity index (χ1v) is 20.1. The molecule has 0 saturated carbocycles. The molecule has 0 heterocycles. The summed E-state index contributed by atoms with van der Waals surface area (Å²) in [6.45, 7) is 37.6. The Morgan fingerprint density at radius 3 is 0.860 bits per heavy atom. The van der Waals surface area contributed by atoms with Crippen LogP contribution in [0.3, 0.4) is 0 Å². The van der Waals surface area contributed by atoms with Crippen LogP contribution >= 0.6 is 0 Å². The number of Topliss-reactive ketones (excluding diaryl/α,β-unsaturated/α-hetero) is 2. The van der Waals surface area contributed by atoms with Crippen LogP contribution < -0.4 is 4.74 Å². The molecule has 2 aromatic carbocycles. The van der Waals surface area contributed by atoms with Crippen molar-refractivity contribution < 1.29 is 14.3 Å². The fourth-order valence-electron chi connectivity index (χ4n) is 6.55. The lowest BCUT2D eigenvalue weighted by Gasteiger charge is -2.32. The van der Waals surface area contributed by atoms with Crippen LogP contribution in [0.5, 0.6) is 11.5 Å². The van der Waals surface area contributed by atoms with Gasteiger partial charge in [0.1, 0.15) is 11.5 Å². The second-order valence-corrected chi connectivity index (χ2v) is 21.5. The van der Waals surface area contributed by atoms with E-state index in [1.54, 1.807) is 0 Å². The molecule has 0 aromatic heterocycles. The van der Waals surface area contributed by atoms with Crippen molar-refractivity contribution in [3.8, 4) is 11.5 Å². The predicted molar refractivity (Wildman–Crippen MR) is 235 cm³/mol. The van der Waals surface area contributed by atoms with Gasteiger partial charge in [-0.15, -0.1) is 0 Å². The van der Waals surface area contributed by atoms with E-state index in [0.29, 0.717) is 22.9 Å². The van der Waals surface area contributed by atoms with Crippen LogP contribution in [0, 0.1) is 32.5 Å². The minimum atomic E-state index is -0.325. The van der Waals surface area contributed by atoms with Crippen molar-refractivity contribution in [2.75, 3.05) is 0 Å². The Balaban J connectivity index is 1.59. The molecule has 57 heavy (non-hydrogen) atoms. The third-order valence-electron chi connectivity index (χ3n) is 9.82. The van der Waals surface area contributed by atoms with Crippen molar-refractivity contribution in [1.82, 2.24) is 0 Å². The molecule has 304 valence electrons. The van der Waals surface area contributed by atoms with Gasteiger partial charge >= 0.3 is 0 Å².